The molecule has 0 radical (unpaired) electrons. The monoisotopic (exact) mass is 259 g/mol. The van der Waals surface area contributed by atoms with E-state index in [1.807, 2.05) is 13.1 Å². The molecule has 2 nitrogen and oxygen atoms in total. The molecule has 1 aliphatic heterocycles. The summed E-state index contributed by atoms with van der Waals surface area (Å²) in [6, 6.07) is 4.15. The van der Waals surface area contributed by atoms with Crippen molar-refractivity contribution in [2.24, 2.45) is 5.92 Å². The highest BCUT2D eigenvalue weighted by atomic mass is 35.5. The van der Waals surface area contributed by atoms with E-state index in [9.17, 15) is 0 Å². The molecule has 90 valence electrons. The summed E-state index contributed by atoms with van der Waals surface area (Å²) < 4.78 is 6.34. The van der Waals surface area contributed by atoms with Crippen LogP contribution in [0.5, 0.6) is 0 Å². The Morgan fingerprint density at radius 2 is 2.31 bits per heavy atom. The SMILES string of the molecule is CCC(CNC)C1(c2ccc(Cl)s2)COC1. The van der Waals surface area contributed by atoms with Gasteiger partial charge in [0.05, 0.1) is 23.0 Å². The Bertz CT molecular complexity index is 349. The molecule has 16 heavy (non-hydrogen) atoms. The van der Waals surface area contributed by atoms with Crippen molar-refractivity contribution < 1.29 is 4.74 Å². The van der Waals surface area contributed by atoms with Gasteiger partial charge in [-0.05, 0) is 31.6 Å². The molecule has 1 aromatic heterocycles. The van der Waals surface area contributed by atoms with Crippen molar-refractivity contribution in [2.45, 2.75) is 18.8 Å². The largest absolute Gasteiger partial charge is 0.379 e. The summed E-state index contributed by atoms with van der Waals surface area (Å²) in [5.74, 6) is 0.626. The van der Waals surface area contributed by atoms with Crippen LogP contribution in [0.3, 0.4) is 0 Å². The Morgan fingerprint density at radius 1 is 1.56 bits per heavy atom. The lowest BCUT2D eigenvalue weighted by atomic mass is 9.71. The van der Waals surface area contributed by atoms with Crippen molar-refractivity contribution in [2.75, 3.05) is 26.8 Å². The van der Waals surface area contributed by atoms with Crippen LogP contribution in [0.15, 0.2) is 12.1 Å². The Labute approximate surface area is 106 Å². The van der Waals surface area contributed by atoms with E-state index >= 15 is 0 Å². The van der Waals surface area contributed by atoms with Crippen LogP contribution in [-0.2, 0) is 10.2 Å². The van der Waals surface area contributed by atoms with E-state index in [2.05, 4.69) is 18.3 Å². The predicted octanol–water partition coefficient (Wildman–Crippen LogP) is 2.92. The van der Waals surface area contributed by atoms with Crippen molar-refractivity contribution in [3.05, 3.63) is 21.3 Å². The van der Waals surface area contributed by atoms with Crippen LogP contribution in [0.4, 0.5) is 0 Å². The number of nitrogens with one attached hydrogen (secondary N) is 1. The van der Waals surface area contributed by atoms with Crippen LogP contribution >= 0.6 is 22.9 Å². The summed E-state index contributed by atoms with van der Waals surface area (Å²) in [6.45, 7) is 4.96. The highest BCUT2D eigenvalue weighted by Gasteiger charge is 2.46. The zero-order valence-corrected chi connectivity index (χ0v) is 11.3. The number of rotatable bonds is 5. The number of ether oxygens (including phenoxy) is 1. The van der Waals surface area contributed by atoms with Gasteiger partial charge in [0, 0.05) is 4.88 Å². The van der Waals surface area contributed by atoms with E-state index < -0.39 is 0 Å². The minimum Gasteiger partial charge on any atom is -0.379 e. The third-order valence-electron chi connectivity index (χ3n) is 3.51. The first-order chi connectivity index (χ1) is 7.73. The Balaban J connectivity index is 2.24. The predicted molar refractivity (Wildman–Crippen MR) is 69.5 cm³/mol. The Hall–Kier alpha value is -0.0900. The summed E-state index contributed by atoms with van der Waals surface area (Å²) >= 11 is 7.73. The molecule has 1 atom stereocenters. The van der Waals surface area contributed by atoms with E-state index in [1.165, 1.54) is 11.3 Å². The van der Waals surface area contributed by atoms with Gasteiger partial charge in [0.1, 0.15) is 0 Å². The van der Waals surface area contributed by atoms with Gasteiger partial charge >= 0.3 is 0 Å². The molecule has 2 heterocycles. The van der Waals surface area contributed by atoms with Crippen molar-refractivity contribution in [3.8, 4) is 0 Å². The van der Waals surface area contributed by atoms with Crippen molar-refractivity contribution >= 4 is 22.9 Å². The summed E-state index contributed by atoms with van der Waals surface area (Å²) in [4.78, 5) is 1.38. The standard InChI is InChI=1S/C12H18ClNOS/c1-3-9(6-14-2)12(7-15-8-12)10-4-5-11(13)16-10/h4-5,9,14H,3,6-8H2,1-2H3. The van der Waals surface area contributed by atoms with Crippen molar-refractivity contribution in [1.29, 1.82) is 0 Å². The molecule has 1 unspecified atom stereocenters. The van der Waals surface area contributed by atoms with Gasteiger partial charge in [0.2, 0.25) is 0 Å². The molecule has 1 N–H and O–H groups in total. The van der Waals surface area contributed by atoms with Gasteiger partial charge in [-0.3, -0.25) is 0 Å². The third-order valence-corrected chi connectivity index (χ3v) is 4.96. The van der Waals surface area contributed by atoms with Gasteiger partial charge in [-0.2, -0.15) is 0 Å². The van der Waals surface area contributed by atoms with Gasteiger partial charge in [0.15, 0.2) is 0 Å². The lowest BCUT2D eigenvalue weighted by molar-refractivity contribution is -0.0890. The Kier molecular flexibility index (Phi) is 3.90. The number of thiophene rings is 1. The highest BCUT2D eigenvalue weighted by molar-refractivity contribution is 7.16. The lowest BCUT2D eigenvalue weighted by Crippen LogP contribution is -2.54. The fourth-order valence-corrected chi connectivity index (χ4v) is 3.74. The summed E-state index contributed by atoms with van der Waals surface area (Å²) in [5.41, 5.74) is 0.204. The first-order valence-corrected chi connectivity index (χ1v) is 6.90. The molecule has 0 aromatic carbocycles. The van der Waals surface area contributed by atoms with E-state index in [0.717, 1.165) is 24.1 Å². The van der Waals surface area contributed by atoms with Crippen LogP contribution in [-0.4, -0.2) is 26.8 Å². The van der Waals surface area contributed by atoms with Gasteiger partial charge in [-0.25, -0.2) is 0 Å². The molecule has 1 saturated heterocycles. The molecule has 0 aliphatic carbocycles. The third kappa shape index (κ3) is 2.02. The fourth-order valence-electron chi connectivity index (χ4n) is 2.46. The maximum atomic E-state index is 6.03. The molecule has 0 saturated carbocycles. The second-order valence-electron chi connectivity index (χ2n) is 4.42. The molecule has 4 heteroatoms. The van der Waals surface area contributed by atoms with Crippen molar-refractivity contribution in [1.82, 2.24) is 5.32 Å². The second kappa shape index (κ2) is 5.05. The van der Waals surface area contributed by atoms with Crippen molar-refractivity contribution in [3.63, 3.8) is 0 Å². The molecule has 0 spiro atoms. The zero-order valence-electron chi connectivity index (χ0n) is 9.75. The number of halogens is 1. The minimum atomic E-state index is 0.204. The smallest absolute Gasteiger partial charge is 0.0931 e. The summed E-state index contributed by atoms with van der Waals surface area (Å²) in [6.07, 6.45) is 1.17. The summed E-state index contributed by atoms with van der Waals surface area (Å²) in [7, 11) is 2.01. The second-order valence-corrected chi connectivity index (χ2v) is 6.13. The molecule has 2 rings (SSSR count). The van der Waals surface area contributed by atoms with E-state index in [1.54, 1.807) is 11.3 Å². The normalized spacial score (nSPS) is 20.4. The van der Waals surface area contributed by atoms with Crippen LogP contribution in [0.25, 0.3) is 0 Å². The maximum absolute atomic E-state index is 6.03. The molecule has 0 bridgehead atoms. The van der Waals surface area contributed by atoms with Crippen LogP contribution in [0, 0.1) is 5.92 Å². The highest BCUT2D eigenvalue weighted by Crippen LogP contribution is 2.44. The van der Waals surface area contributed by atoms with Gasteiger partial charge in [0.25, 0.3) is 0 Å². The molecule has 1 aliphatic rings. The van der Waals surface area contributed by atoms with E-state index in [0.29, 0.717) is 5.92 Å². The fraction of sp³-hybridized carbons (Fsp3) is 0.667. The van der Waals surface area contributed by atoms with Gasteiger partial charge in [-0.1, -0.05) is 24.9 Å². The molecule has 1 aromatic rings. The number of hydrogen-bond acceptors (Lipinski definition) is 3. The Morgan fingerprint density at radius 3 is 2.69 bits per heavy atom. The lowest BCUT2D eigenvalue weighted by Gasteiger charge is -2.46. The van der Waals surface area contributed by atoms with E-state index in [4.69, 9.17) is 16.3 Å². The summed E-state index contributed by atoms with van der Waals surface area (Å²) in [5, 5.41) is 3.29. The molecule has 1 fully saturated rings. The minimum absolute atomic E-state index is 0.204. The average molecular weight is 260 g/mol. The maximum Gasteiger partial charge on any atom is 0.0931 e. The molecular formula is C12H18ClNOS. The zero-order chi connectivity index (χ0) is 11.6. The molecule has 0 amide bonds. The van der Waals surface area contributed by atoms with Crippen LogP contribution < -0.4 is 5.32 Å². The van der Waals surface area contributed by atoms with Crippen LogP contribution in [0.2, 0.25) is 4.34 Å². The molecular weight excluding hydrogens is 242 g/mol. The van der Waals surface area contributed by atoms with Crippen LogP contribution in [0.1, 0.15) is 18.2 Å². The van der Waals surface area contributed by atoms with Gasteiger partial charge < -0.3 is 10.1 Å². The quantitative estimate of drug-likeness (QED) is 0.878. The average Bonchev–Trinajstić information content (AvgIpc) is 2.62. The number of hydrogen-bond donors (Lipinski definition) is 1. The first kappa shape index (κ1) is 12.4. The first-order valence-electron chi connectivity index (χ1n) is 5.71. The van der Waals surface area contributed by atoms with E-state index in [-0.39, 0.29) is 5.41 Å². The topological polar surface area (TPSA) is 21.3 Å². The van der Waals surface area contributed by atoms with Gasteiger partial charge in [-0.15, -0.1) is 11.3 Å².